The van der Waals surface area contributed by atoms with E-state index in [4.69, 9.17) is 0 Å². The predicted octanol–water partition coefficient (Wildman–Crippen LogP) is 2.51. The maximum absolute atomic E-state index is 9.26. The van der Waals surface area contributed by atoms with Crippen molar-refractivity contribution in [3.8, 4) is 6.07 Å². The fourth-order valence-corrected chi connectivity index (χ4v) is 3.52. The van der Waals surface area contributed by atoms with Gasteiger partial charge in [0.05, 0.1) is 16.9 Å². The Morgan fingerprint density at radius 1 is 1.53 bits per heavy atom. The standard InChI is InChI=1S/C13H17N3S/c1-9-6-13(12(7-14)10(2)15-9)16(3)11-4-5-17-8-11/h6,11H,4-5,8H2,1-3H3. The van der Waals surface area contributed by atoms with Gasteiger partial charge in [-0.05, 0) is 32.1 Å². The van der Waals surface area contributed by atoms with Crippen LogP contribution < -0.4 is 4.90 Å². The Bertz CT molecular complexity index is 458. The highest BCUT2D eigenvalue weighted by Crippen LogP contribution is 2.29. The van der Waals surface area contributed by atoms with Gasteiger partial charge in [0.15, 0.2) is 0 Å². The first-order valence-corrected chi connectivity index (χ1v) is 6.98. The number of nitriles is 1. The van der Waals surface area contributed by atoms with E-state index in [0.29, 0.717) is 6.04 Å². The van der Waals surface area contributed by atoms with Crippen LogP contribution in [0.25, 0.3) is 0 Å². The van der Waals surface area contributed by atoms with Gasteiger partial charge >= 0.3 is 0 Å². The third-order valence-electron chi connectivity index (χ3n) is 3.25. The SMILES string of the molecule is Cc1cc(N(C)C2CCSC2)c(C#N)c(C)n1. The van der Waals surface area contributed by atoms with E-state index in [1.54, 1.807) is 0 Å². The molecule has 1 atom stereocenters. The second-order valence-corrected chi connectivity index (χ2v) is 5.63. The number of pyridine rings is 1. The Morgan fingerprint density at radius 3 is 2.88 bits per heavy atom. The van der Waals surface area contributed by atoms with Gasteiger partial charge in [-0.3, -0.25) is 4.98 Å². The lowest BCUT2D eigenvalue weighted by Gasteiger charge is -2.27. The quantitative estimate of drug-likeness (QED) is 0.805. The summed E-state index contributed by atoms with van der Waals surface area (Å²) in [7, 11) is 2.09. The first-order valence-electron chi connectivity index (χ1n) is 5.82. The maximum Gasteiger partial charge on any atom is 0.103 e. The van der Waals surface area contributed by atoms with Crippen LogP contribution in [0, 0.1) is 25.2 Å². The van der Waals surface area contributed by atoms with Gasteiger partial charge in [0.2, 0.25) is 0 Å². The second kappa shape index (κ2) is 4.97. The van der Waals surface area contributed by atoms with Gasteiger partial charge in [0.25, 0.3) is 0 Å². The van der Waals surface area contributed by atoms with Gasteiger partial charge in [0.1, 0.15) is 6.07 Å². The maximum atomic E-state index is 9.26. The fourth-order valence-electron chi connectivity index (χ4n) is 2.25. The Kier molecular flexibility index (Phi) is 3.58. The van der Waals surface area contributed by atoms with Crippen molar-refractivity contribution in [1.82, 2.24) is 4.98 Å². The molecule has 1 aromatic heterocycles. The van der Waals surface area contributed by atoms with Gasteiger partial charge in [-0.15, -0.1) is 0 Å². The number of aryl methyl sites for hydroxylation is 2. The molecule has 0 N–H and O–H groups in total. The molecule has 1 aromatic rings. The lowest BCUT2D eigenvalue weighted by atomic mass is 10.1. The summed E-state index contributed by atoms with van der Waals surface area (Å²) in [6, 6.07) is 4.86. The van der Waals surface area contributed by atoms with Crippen LogP contribution in [-0.4, -0.2) is 29.6 Å². The van der Waals surface area contributed by atoms with Crippen LogP contribution in [0.5, 0.6) is 0 Å². The third kappa shape index (κ3) is 2.39. The molecule has 2 heterocycles. The minimum absolute atomic E-state index is 0.549. The molecular weight excluding hydrogens is 230 g/mol. The molecule has 0 saturated carbocycles. The van der Waals surface area contributed by atoms with Crippen molar-refractivity contribution in [3.05, 3.63) is 23.0 Å². The van der Waals surface area contributed by atoms with Gasteiger partial charge in [-0.25, -0.2) is 0 Å². The minimum Gasteiger partial charge on any atom is -0.370 e. The van der Waals surface area contributed by atoms with E-state index in [0.717, 1.165) is 28.4 Å². The Balaban J connectivity index is 2.39. The molecule has 4 heteroatoms. The van der Waals surface area contributed by atoms with Crippen molar-refractivity contribution in [2.75, 3.05) is 23.5 Å². The summed E-state index contributed by atoms with van der Waals surface area (Å²) in [4.78, 5) is 6.61. The molecular formula is C13H17N3S. The van der Waals surface area contributed by atoms with Gasteiger partial charge in [-0.2, -0.15) is 17.0 Å². The predicted molar refractivity (Wildman–Crippen MR) is 72.6 cm³/mol. The highest BCUT2D eigenvalue weighted by Gasteiger charge is 2.23. The zero-order chi connectivity index (χ0) is 12.4. The fraction of sp³-hybridized carbons (Fsp3) is 0.538. The van der Waals surface area contributed by atoms with E-state index in [2.05, 4.69) is 23.0 Å². The first kappa shape index (κ1) is 12.3. The number of nitrogens with zero attached hydrogens (tertiary/aromatic N) is 3. The average Bonchev–Trinajstić information content (AvgIpc) is 2.80. The molecule has 0 spiro atoms. The molecule has 0 aliphatic carbocycles. The van der Waals surface area contributed by atoms with Crippen molar-refractivity contribution < 1.29 is 0 Å². The third-order valence-corrected chi connectivity index (χ3v) is 4.40. The molecule has 0 radical (unpaired) electrons. The second-order valence-electron chi connectivity index (χ2n) is 4.48. The first-order chi connectivity index (χ1) is 8.13. The highest BCUT2D eigenvalue weighted by atomic mass is 32.2. The van der Waals surface area contributed by atoms with Crippen LogP contribution in [0.4, 0.5) is 5.69 Å². The van der Waals surface area contributed by atoms with Gasteiger partial charge in [-0.1, -0.05) is 0 Å². The topological polar surface area (TPSA) is 39.9 Å². The Labute approximate surface area is 107 Å². The number of hydrogen-bond donors (Lipinski definition) is 0. The summed E-state index contributed by atoms with van der Waals surface area (Å²) in [5.74, 6) is 2.38. The minimum atomic E-state index is 0.549. The van der Waals surface area contributed by atoms with Crippen molar-refractivity contribution in [3.63, 3.8) is 0 Å². The van der Waals surface area contributed by atoms with Crippen LogP contribution in [0.15, 0.2) is 6.07 Å². The lowest BCUT2D eigenvalue weighted by molar-refractivity contribution is 0.698. The van der Waals surface area contributed by atoms with E-state index >= 15 is 0 Å². The summed E-state index contributed by atoms with van der Waals surface area (Å²) in [6.07, 6.45) is 1.20. The van der Waals surface area contributed by atoms with E-state index < -0.39 is 0 Å². The summed E-state index contributed by atoms with van der Waals surface area (Å²) >= 11 is 1.99. The monoisotopic (exact) mass is 247 g/mol. The molecule has 3 nitrogen and oxygen atoms in total. The highest BCUT2D eigenvalue weighted by molar-refractivity contribution is 7.99. The van der Waals surface area contributed by atoms with Crippen molar-refractivity contribution in [1.29, 1.82) is 5.26 Å². The normalized spacial score (nSPS) is 19.1. The number of aromatic nitrogens is 1. The molecule has 17 heavy (non-hydrogen) atoms. The van der Waals surface area contributed by atoms with Crippen molar-refractivity contribution in [2.45, 2.75) is 26.3 Å². The average molecular weight is 247 g/mol. The molecule has 1 fully saturated rings. The van der Waals surface area contributed by atoms with E-state index in [-0.39, 0.29) is 0 Å². The van der Waals surface area contributed by atoms with Crippen LogP contribution in [0.2, 0.25) is 0 Å². The van der Waals surface area contributed by atoms with Crippen LogP contribution >= 0.6 is 11.8 Å². The van der Waals surface area contributed by atoms with Crippen molar-refractivity contribution >= 4 is 17.4 Å². The van der Waals surface area contributed by atoms with Gasteiger partial charge < -0.3 is 4.90 Å². The molecule has 1 aliphatic heterocycles. The zero-order valence-corrected chi connectivity index (χ0v) is 11.3. The molecule has 90 valence electrons. The molecule has 1 unspecified atom stereocenters. The number of hydrogen-bond acceptors (Lipinski definition) is 4. The smallest absolute Gasteiger partial charge is 0.103 e. The van der Waals surface area contributed by atoms with E-state index in [1.165, 1.54) is 12.2 Å². The Morgan fingerprint density at radius 2 is 2.29 bits per heavy atom. The lowest BCUT2D eigenvalue weighted by Crippen LogP contribution is -2.32. The molecule has 1 aliphatic rings. The largest absolute Gasteiger partial charge is 0.370 e. The number of rotatable bonds is 2. The Hall–Kier alpha value is -1.21. The zero-order valence-electron chi connectivity index (χ0n) is 10.5. The van der Waals surface area contributed by atoms with Crippen LogP contribution in [-0.2, 0) is 0 Å². The number of anilines is 1. The summed E-state index contributed by atoms with van der Waals surface area (Å²) in [5.41, 5.74) is 3.56. The van der Waals surface area contributed by atoms with Gasteiger partial charge in [0, 0.05) is 24.5 Å². The van der Waals surface area contributed by atoms with E-state index in [1.807, 2.05) is 31.7 Å². The molecule has 0 bridgehead atoms. The molecule has 0 amide bonds. The molecule has 2 rings (SSSR count). The van der Waals surface area contributed by atoms with Crippen molar-refractivity contribution in [2.24, 2.45) is 0 Å². The molecule has 1 saturated heterocycles. The summed E-state index contributed by atoms with van der Waals surface area (Å²) in [6.45, 7) is 3.89. The van der Waals surface area contributed by atoms with Crippen LogP contribution in [0.3, 0.4) is 0 Å². The number of thioether (sulfide) groups is 1. The molecule has 0 aromatic carbocycles. The van der Waals surface area contributed by atoms with E-state index in [9.17, 15) is 5.26 Å². The summed E-state index contributed by atoms with van der Waals surface area (Å²) in [5, 5.41) is 9.26. The van der Waals surface area contributed by atoms with Crippen LogP contribution in [0.1, 0.15) is 23.4 Å². The summed E-state index contributed by atoms with van der Waals surface area (Å²) < 4.78 is 0.